The van der Waals surface area contributed by atoms with E-state index in [2.05, 4.69) is 20.8 Å². The van der Waals surface area contributed by atoms with Crippen LogP contribution in [0, 0.1) is 5.41 Å². The molecule has 0 aromatic rings. The SMILES string of the molecule is CC=CC(=O)C=C(C)CC(C)(C)C. The summed E-state index contributed by atoms with van der Waals surface area (Å²) in [5.41, 5.74) is 1.41. The van der Waals surface area contributed by atoms with Crippen molar-refractivity contribution in [1.82, 2.24) is 0 Å². The summed E-state index contributed by atoms with van der Waals surface area (Å²) in [5, 5.41) is 0. The molecule has 0 amide bonds. The largest absolute Gasteiger partial charge is 0.290 e. The first kappa shape index (κ1) is 12.2. The van der Waals surface area contributed by atoms with Crippen molar-refractivity contribution in [3.8, 4) is 0 Å². The molecule has 0 spiro atoms. The molecular weight excluding hydrogens is 160 g/mol. The molecule has 0 heterocycles. The lowest BCUT2D eigenvalue weighted by Crippen LogP contribution is -2.05. The number of rotatable bonds is 3. The van der Waals surface area contributed by atoms with Crippen molar-refractivity contribution >= 4 is 5.78 Å². The van der Waals surface area contributed by atoms with Crippen LogP contribution in [0.5, 0.6) is 0 Å². The predicted octanol–water partition coefficient (Wildman–Crippen LogP) is 3.51. The molecule has 0 saturated carbocycles. The highest BCUT2D eigenvalue weighted by Gasteiger charge is 2.10. The Morgan fingerprint density at radius 1 is 1.31 bits per heavy atom. The molecular formula is C12H20O. The van der Waals surface area contributed by atoms with Gasteiger partial charge in [-0.25, -0.2) is 0 Å². The zero-order chi connectivity index (χ0) is 10.5. The lowest BCUT2D eigenvalue weighted by Gasteiger charge is -2.17. The standard InChI is InChI=1S/C12H20O/c1-6-7-11(13)8-10(2)9-12(3,4)5/h6-8H,9H2,1-5H3. The fourth-order valence-corrected chi connectivity index (χ4v) is 1.34. The minimum atomic E-state index is 0.0873. The number of ketones is 1. The molecule has 0 unspecified atom stereocenters. The van der Waals surface area contributed by atoms with Crippen LogP contribution in [0.3, 0.4) is 0 Å². The molecule has 1 heteroatoms. The summed E-state index contributed by atoms with van der Waals surface area (Å²) in [5.74, 6) is 0.0873. The van der Waals surface area contributed by atoms with E-state index in [0.29, 0.717) is 0 Å². The van der Waals surface area contributed by atoms with Crippen molar-refractivity contribution in [2.45, 2.75) is 41.0 Å². The van der Waals surface area contributed by atoms with Gasteiger partial charge < -0.3 is 0 Å². The summed E-state index contributed by atoms with van der Waals surface area (Å²) in [6.07, 6.45) is 6.04. The van der Waals surface area contributed by atoms with Gasteiger partial charge in [0.05, 0.1) is 0 Å². The normalized spacial score (nSPS) is 13.8. The maximum Gasteiger partial charge on any atom is 0.178 e. The summed E-state index contributed by atoms with van der Waals surface area (Å²) in [6.45, 7) is 10.4. The van der Waals surface area contributed by atoms with Crippen LogP contribution in [0.2, 0.25) is 0 Å². The first-order chi connectivity index (χ1) is 5.85. The van der Waals surface area contributed by atoms with Crippen LogP contribution < -0.4 is 0 Å². The lowest BCUT2D eigenvalue weighted by molar-refractivity contribution is -0.110. The zero-order valence-corrected chi connectivity index (χ0v) is 9.35. The second-order valence-corrected chi connectivity index (χ2v) is 4.63. The van der Waals surface area contributed by atoms with Gasteiger partial charge in [-0.15, -0.1) is 0 Å². The molecule has 1 nitrogen and oxygen atoms in total. The maximum absolute atomic E-state index is 11.2. The molecule has 0 saturated heterocycles. The van der Waals surface area contributed by atoms with Gasteiger partial charge in [-0.05, 0) is 37.8 Å². The minimum absolute atomic E-state index is 0.0873. The highest BCUT2D eigenvalue weighted by atomic mass is 16.1. The van der Waals surface area contributed by atoms with E-state index < -0.39 is 0 Å². The van der Waals surface area contributed by atoms with Crippen LogP contribution in [0.4, 0.5) is 0 Å². The average molecular weight is 180 g/mol. The Labute approximate surface area is 81.5 Å². The Morgan fingerprint density at radius 2 is 1.85 bits per heavy atom. The Balaban J connectivity index is 4.26. The van der Waals surface area contributed by atoms with E-state index in [4.69, 9.17) is 0 Å². The van der Waals surface area contributed by atoms with Crippen LogP contribution in [0.15, 0.2) is 23.8 Å². The first-order valence-corrected chi connectivity index (χ1v) is 4.69. The van der Waals surface area contributed by atoms with E-state index in [9.17, 15) is 4.79 Å². The maximum atomic E-state index is 11.2. The molecule has 0 aliphatic carbocycles. The summed E-state index contributed by atoms with van der Waals surface area (Å²) < 4.78 is 0. The molecule has 0 aromatic heterocycles. The topological polar surface area (TPSA) is 17.1 Å². The van der Waals surface area contributed by atoms with Crippen LogP contribution >= 0.6 is 0 Å². The van der Waals surface area contributed by atoms with Crippen LogP contribution in [-0.4, -0.2) is 5.78 Å². The molecule has 0 N–H and O–H groups in total. The first-order valence-electron chi connectivity index (χ1n) is 4.69. The van der Waals surface area contributed by atoms with Gasteiger partial charge in [-0.3, -0.25) is 4.79 Å². The van der Waals surface area contributed by atoms with Gasteiger partial charge in [-0.2, -0.15) is 0 Å². The van der Waals surface area contributed by atoms with Crippen molar-refractivity contribution in [1.29, 1.82) is 0 Å². The number of allylic oxidation sites excluding steroid dienone is 4. The Bertz CT molecular complexity index is 226. The van der Waals surface area contributed by atoms with E-state index in [1.54, 1.807) is 18.2 Å². The Kier molecular flexibility index (Phi) is 4.68. The molecule has 13 heavy (non-hydrogen) atoms. The summed E-state index contributed by atoms with van der Waals surface area (Å²) in [6, 6.07) is 0. The third kappa shape index (κ3) is 7.51. The summed E-state index contributed by atoms with van der Waals surface area (Å²) >= 11 is 0. The Hall–Kier alpha value is -0.850. The van der Waals surface area contributed by atoms with Crippen LogP contribution in [0.25, 0.3) is 0 Å². The lowest BCUT2D eigenvalue weighted by atomic mass is 9.88. The smallest absolute Gasteiger partial charge is 0.178 e. The van der Waals surface area contributed by atoms with E-state index in [-0.39, 0.29) is 11.2 Å². The van der Waals surface area contributed by atoms with Gasteiger partial charge in [0.1, 0.15) is 0 Å². The molecule has 0 bridgehead atoms. The van der Waals surface area contributed by atoms with Crippen LogP contribution in [-0.2, 0) is 4.79 Å². The second-order valence-electron chi connectivity index (χ2n) is 4.63. The molecule has 0 fully saturated rings. The van der Waals surface area contributed by atoms with E-state index in [1.807, 2.05) is 13.8 Å². The quantitative estimate of drug-likeness (QED) is 0.607. The molecule has 0 aliphatic rings. The number of hydrogen-bond donors (Lipinski definition) is 0. The molecule has 0 radical (unpaired) electrons. The zero-order valence-electron chi connectivity index (χ0n) is 9.35. The fraction of sp³-hybridized carbons (Fsp3) is 0.583. The van der Waals surface area contributed by atoms with Gasteiger partial charge in [0.25, 0.3) is 0 Å². The number of hydrogen-bond acceptors (Lipinski definition) is 1. The van der Waals surface area contributed by atoms with Gasteiger partial charge in [0.15, 0.2) is 5.78 Å². The highest BCUT2D eigenvalue weighted by molar-refractivity contribution is 5.99. The minimum Gasteiger partial charge on any atom is -0.290 e. The van der Waals surface area contributed by atoms with Crippen molar-refractivity contribution in [2.24, 2.45) is 5.41 Å². The van der Waals surface area contributed by atoms with Crippen molar-refractivity contribution in [3.63, 3.8) is 0 Å². The third-order valence-electron chi connectivity index (χ3n) is 1.53. The van der Waals surface area contributed by atoms with Gasteiger partial charge in [-0.1, -0.05) is 32.4 Å². The highest BCUT2D eigenvalue weighted by Crippen LogP contribution is 2.23. The van der Waals surface area contributed by atoms with Gasteiger partial charge >= 0.3 is 0 Å². The molecule has 74 valence electrons. The van der Waals surface area contributed by atoms with Crippen molar-refractivity contribution < 1.29 is 4.79 Å². The fourth-order valence-electron chi connectivity index (χ4n) is 1.34. The molecule has 0 atom stereocenters. The average Bonchev–Trinajstić information content (AvgIpc) is 1.81. The van der Waals surface area contributed by atoms with E-state index in [1.165, 1.54) is 0 Å². The predicted molar refractivity (Wildman–Crippen MR) is 57.7 cm³/mol. The van der Waals surface area contributed by atoms with Crippen molar-refractivity contribution in [2.75, 3.05) is 0 Å². The molecule has 0 aliphatic heterocycles. The Morgan fingerprint density at radius 3 is 2.23 bits per heavy atom. The van der Waals surface area contributed by atoms with E-state index in [0.717, 1.165) is 12.0 Å². The van der Waals surface area contributed by atoms with E-state index >= 15 is 0 Å². The van der Waals surface area contributed by atoms with Crippen LogP contribution in [0.1, 0.15) is 41.0 Å². The molecule has 0 aromatic carbocycles. The third-order valence-corrected chi connectivity index (χ3v) is 1.53. The van der Waals surface area contributed by atoms with Gasteiger partial charge in [0, 0.05) is 0 Å². The van der Waals surface area contributed by atoms with Gasteiger partial charge in [0.2, 0.25) is 0 Å². The summed E-state index contributed by atoms with van der Waals surface area (Å²) in [7, 11) is 0. The second kappa shape index (κ2) is 5.00. The summed E-state index contributed by atoms with van der Waals surface area (Å²) in [4.78, 5) is 11.2. The monoisotopic (exact) mass is 180 g/mol. The van der Waals surface area contributed by atoms with Crippen molar-refractivity contribution in [3.05, 3.63) is 23.8 Å². The number of carbonyl (C=O) groups excluding carboxylic acids is 1. The number of carbonyl (C=O) groups is 1. The molecule has 0 rings (SSSR count).